The minimum Gasteiger partial charge on any atom is -0.377 e. The second kappa shape index (κ2) is 4.39. The van der Waals surface area contributed by atoms with Crippen molar-refractivity contribution in [1.29, 1.82) is 0 Å². The standard InChI is InChI=1S/C14H23NO/c1-5-7-10(2)15-12-11-8-6-9-16-13(11)14(12,3)4/h1,10-13,15H,6-9H2,2-4H3. The third-order valence-electron chi connectivity index (χ3n) is 4.22. The van der Waals surface area contributed by atoms with E-state index in [4.69, 9.17) is 11.2 Å². The van der Waals surface area contributed by atoms with Crippen molar-refractivity contribution in [3.05, 3.63) is 0 Å². The molecule has 1 aliphatic heterocycles. The third-order valence-corrected chi connectivity index (χ3v) is 4.22. The van der Waals surface area contributed by atoms with E-state index >= 15 is 0 Å². The summed E-state index contributed by atoms with van der Waals surface area (Å²) in [7, 11) is 0. The van der Waals surface area contributed by atoms with E-state index < -0.39 is 0 Å². The van der Waals surface area contributed by atoms with Gasteiger partial charge in [-0.05, 0) is 19.8 Å². The van der Waals surface area contributed by atoms with Crippen molar-refractivity contribution in [2.75, 3.05) is 6.61 Å². The lowest BCUT2D eigenvalue weighted by Gasteiger charge is -2.60. The molecule has 0 amide bonds. The van der Waals surface area contributed by atoms with Crippen molar-refractivity contribution >= 4 is 0 Å². The summed E-state index contributed by atoms with van der Waals surface area (Å²) in [5, 5.41) is 3.68. The zero-order valence-electron chi connectivity index (χ0n) is 10.6. The van der Waals surface area contributed by atoms with Crippen molar-refractivity contribution in [1.82, 2.24) is 5.32 Å². The molecule has 0 aromatic carbocycles. The molecular weight excluding hydrogens is 198 g/mol. The van der Waals surface area contributed by atoms with Crippen LogP contribution in [0.4, 0.5) is 0 Å². The van der Waals surface area contributed by atoms with Crippen molar-refractivity contribution in [3.8, 4) is 12.3 Å². The summed E-state index contributed by atoms with van der Waals surface area (Å²) in [6, 6.07) is 0.985. The van der Waals surface area contributed by atoms with E-state index in [1.807, 2.05) is 0 Å². The first-order chi connectivity index (χ1) is 7.57. The van der Waals surface area contributed by atoms with Crippen molar-refractivity contribution < 1.29 is 4.74 Å². The molecule has 0 aromatic heterocycles. The Labute approximate surface area is 99.1 Å². The first-order valence-electron chi connectivity index (χ1n) is 6.38. The van der Waals surface area contributed by atoms with E-state index in [1.165, 1.54) is 12.8 Å². The molecule has 2 rings (SSSR count). The van der Waals surface area contributed by atoms with Crippen LogP contribution in [0.1, 0.15) is 40.0 Å². The first-order valence-corrected chi connectivity index (χ1v) is 6.38. The zero-order valence-corrected chi connectivity index (χ0v) is 10.6. The second-order valence-corrected chi connectivity index (χ2v) is 5.87. The van der Waals surface area contributed by atoms with Gasteiger partial charge < -0.3 is 10.1 Å². The molecule has 2 aliphatic rings. The Kier molecular flexibility index (Phi) is 3.28. The largest absolute Gasteiger partial charge is 0.377 e. The molecule has 0 bridgehead atoms. The molecule has 1 aliphatic carbocycles. The predicted molar refractivity (Wildman–Crippen MR) is 66.1 cm³/mol. The topological polar surface area (TPSA) is 21.3 Å². The Morgan fingerprint density at radius 2 is 2.31 bits per heavy atom. The number of terminal acetylenes is 1. The summed E-state index contributed by atoms with van der Waals surface area (Å²) in [6.07, 6.45) is 9.12. The fourth-order valence-corrected chi connectivity index (χ4v) is 3.40. The third kappa shape index (κ3) is 1.87. The molecule has 2 nitrogen and oxygen atoms in total. The van der Waals surface area contributed by atoms with Crippen LogP contribution in [-0.4, -0.2) is 24.8 Å². The Morgan fingerprint density at radius 1 is 1.56 bits per heavy atom. The van der Waals surface area contributed by atoms with Gasteiger partial charge in [-0.3, -0.25) is 0 Å². The summed E-state index contributed by atoms with van der Waals surface area (Å²) in [6.45, 7) is 7.73. The van der Waals surface area contributed by atoms with E-state index in [9.17, 15) is 0 Å². The van der Waals surface area contributed by atoms with Gasteiger partial charge in [0, 0.05) is 36.4 Å². The normalized spacial score (nSPS) is 38.0. The van der Waals surface area contributed by atoms with Gasteiger partial charge in [0.1, 0.15) is 0 Å². The molecule has 0 spiro atoms. The summed E-state index contributed by atoms with van der Waals surface area (Å²) in [5.41, 5.74) is 0.258. The van der Waals surface area contributed by atoms with Gasteiger partial charge in [0.2, 0.25) is 0 Å². The molecule has 2 heteroatoms. The van der Waals surface area contributed by atoms with Gasteiger partial charge >= 0.3 is 0 Å². The van der Waals surface area contributed by atoms with Gasteiger partial charge in [-0.1, -0.05) is 13.8 Å². The molecule has 1 N–H and O–H groups in total. The van der Waals surface area contributed by atoms with Gasteiger partial charge in [-0.2, -0.15) is 0 Å². The van der Waals surface area contributed by atoms with Crippen LogP contribution in [0.2, 0.25) is 0 Å². The van der Waals surface area contributed by atoms with Gasteiger partial charge in [-0.25, -0.2) is 0 Å². The number of hydrogen-bond acceptors (Lipinski definition) is 2. The molecule has 0 aromatic rings. The fraction of sp³-hybridized carbons (Fsp3) is 0.857. The quantitative estimate of drug-likeness (QED) is 0.738. The maximum atomic E-state index is 5.88. The molecule has 16 heavy (non-hydrogen) atoms. The number of nitrogens with one attached hydrogen (secondary N) is 1. The molecule has 1 saturated heterocycles. The molecular formula is C14H23NO. The van der Waals surface area contributed by atoms with Gasteiger partial charge in [-0.15, -0.1) is 12.3 Å². The van der Waals surface area contributed by atoms with Crippen molar-refractivity contribution in [2.24, 2.45) is 11.3 Å². The van der Waals surface area contributed by atoms with Crippen LogP contribution in [0.15, 0.2) is 0 Å². The fourth-order valence-electron chi connectivity index (χ4n) is 3.40. The van der Waals surface area contributed by atoms with Crippen LogP contribution in [0.5, 0.6) is 0 Å². The van der Waals surface area contributed by atoms with Crippen LogP contribution in [0.3, 0.4) is 0 Å². The number of ether oxygens (including phenoxy) is 1. The molecule has 4 unspecified atom stereocenters. The van der Waals surface area contributed by atoms with Crippen LogP contribution in [-0.2, 0) is 4.74 Å². The zero-order chi connectivity index (χ0) is 11.8. The average molecular weight is 221 g/mol. The predicted octanol–water partition coefficient (Wildman–Crippen LogP) is 2.19. The van der Waals surface area contributed by atoms with E-state index in [1.54, 1.807) is 0 Å². The number of fused-ring (bicyclic) bond motifs is 1. The average Bonchev–Trinajstić information content (AvgIpc) is 2.26. The van der Waals surface area contributed by atoms with E-state index in [0.29, 0.717) is 24.1 Å². The monoisotopic (exact) mass is 221 g/mol. The Balaban J connectivity index is 1.96. The highest BCUT2D eigenvalue weighted by Gasteiger charge is 2.57. The van der Waals surface area contributed by atoms with Crippen LogP contribution in [0.25, 0.3) is 0 Å². The van der Waals surface area contributed by atoms with E-state index in [-0.39, 0.29) is 5.41 Å². The summed E-state index contributed by atoms with van der Waals surface area (Å²) in [4.78, 5) is 0. The second-order valence-electron chi connectivity index (χ2n) is 5.87. The molecule has 4 atom stereocenters. The van der Waals surface area contributed by atoms with Crippen molar-refractivity contribution in [3.63, 3.8) is 0 Å². The van der Waals surface area contributed by atoms with Gasteiger partial charge in [0.15, 0.2) is 0 Å². The van der Waals surface area contributed by atoms with Gasteiger partial charge in [0.05, 0.1) is 6.10 Å². The minimum atomic E-state index is 0.258. The van der Waals surface area contributed by atoms with Crippen LogP contribution >= 0.6 is 0 Å². The van der Waals surface area contributed by atoms with E-state index in [0.717, 1.165) is 13.0 Å². The SMILES string of the molecule is C#CCC(C)NC1C2CCCOC2C1(C)C. The lowest BCUT2D eigenvalue weighted by molar-refractivity contribution is -0.194. The summed E-state index contributed by atoms with van der Waals surface area (Å²) < 4.78 is 5.88. The summed E-state index contributed by atoms with van der Waals surface area (Å²) >= 11 is 0. The Bertz CT molecular complexity index is 292. The van der Waals surface area contributed by atoms with Crippen molar-refractivity contribution in [2.45, 2.75) is 58.2 Å². The highest BCUT2D eigenvalue weighted by atomic mass is 16.5. The molecule has 90 valence electrons. The summed E-state index contributed by atoms with van der Waals surface area (Å²) in [5.74, 6) is 3.42. The number of rotatable bonds is 3. The lowest BCUT2D eigenvalue weighted by atomic mass is 9.55. The Hall–Kier alpha value is -0.520. The number of hydrogen-bond donors (Lipinski definition) is 1. The highest BCUT2D eigenvalue weighted by Crippen LogP contribution is 2.51. The maximum Gasteiger partial charge on any atom is 0.0684 e. The minimum absolute atomic E-state index is 0.258. The first kappa shape index (κ1) is 12.0. The van der Waals surface area contributed by atoms with Crippen LogP contribution < -0.4 is 5.32 Å². The smallest absolute Gasteiger partial charge is 0.0684 e. The molecule has 2 fully saturated rings. The van der Waals surface area contributed by atoms with Crippen LogP contribution in [0, 0.1) is 23.7 Å². The molecule has 0 radical (unpaired) electrons. The Morgan fingerprint density at radius 3 is 3.00 bits per heavy atom. The van der Waals surface area contributed by atoms with E-state index in [2.05, 4.69) is 32.0 Å². The molecule has 1 heterocycles. The highest BCUT2D eigenvalue weighted by molar-refractivity contribution is 5.11. The maximum absolute atomic E-state index is 5.88. The lowest BCUT2D eigenvalue weighted by Crippen LogP contribution is -2.70. The molecule has 1 saturated carbocycles. The van der Waals surface area contributed by atoms with Gasteiger partial charge in [0.25, 0.3) is 0 Å².